The Morgan fingerprint density at radius 3 is 2.50 bits per heavy atom. The van der Waals surface area contributed by atoms with E-state index in [-0.39, 0.29) is 6.03 Å². The largest absolute Gasteiger partial charge is 0.399 e. The third kappa shape index (κ3) is 2.63. The number of urea groups is 1. The van der Waals surface area contributed by atoms with Crippen molar-refractivity contribution in [3.05, 3.63) is 24.3 Å². The van der Waals surface area contributed by atoms with Gasteiger partial charge in [0.2, 0.25) is 0 Å². The lowest BCUT2D eigenvalue weighted by atomic mass is 10.3. The molecule has 0 aliphatic heterocycles. The summed E-state index contributed by atoms with van der Waals surface area (Å²) in [6.45, 7) is 0. The zero-order valence-electron chi connectivity index (χ0n) is 8.15. The summed E-state index contributed by atoms with van der Waals surface area (Å²) in [6, 6.07) is 6.52. The van der Waals surface area contributed by atoms with Crippen LogP contribution in [0.3, 0.4) is 0 Å². The first-order chi connectivity index (χ1) is 6.63. The standard InChI is InChI=1S/C9H13N3O2/c1-12(14-2)9(13)11-8-5-3-7(10)4-6-8/h3-6H,10H2,1-2H3,(H,11,13). The normalized spacial score (nSPS) is 9.57. The lowest BCUT2D eigenvalue weighted by Gasteiger charge is -2.14. The summed E-state index contributed by atoms with van der Waals surface area (Å²) in [4.78, 5) is 16.0. The first-order valence-corrected chi connectivity index (χ1v) is 4.08. The third-order valence-corrected chi connectivity index (χ3v) is 1.72. The molecule has 0 aliphatic carbocycles. The molecule has 0 saturated carbocycles. The van der Waals surface area contributed by atoms with E-state index in [0.29, 0.717) is 11.4 Å². The Hall–Kier alpha value is -1.75. The van der Waals surface area contributed by atoms with Crippen LogP contribution in [0.5, 0.6) is 0 Å². The van der Waals surface area contributed by atoms with Gasteiger partial charge in [-0.3, -0.25) is 4.84 Å². The molecule has 0 aromatic heterocycles. The average Bonchev–Trinajstić information content (AvgIpc) is 2.20. The molecule has 0 spiro atoms. The minimum Gasteiger partial charge on any atom is -0.399 e. The van der Waals surface area contributed by atoms with E-state index in [1.165, 1.54) is 14.2 Å². The molecule has 0 heterocycles. The second kappa shape index (κ2) is 4.48. The summed E-state index contributed by atoms with van der Waals surface area (Å²) < 4.78 is 0. The zero-order chi connectivity index (χ0) is 10.6. The molecule has 0 radical (unpaired) electrons. The van der Waals surface area contributed by atoms with Crippen molar-refractivity contribution in [3.8, 4) is 0 Å². The van der Waals surface area contributed by atoms with Gasteiger partial charge in [-0.25, -0.2) is 9.86 Å². The smallest absolute Gasteiger partial charge is 0.345 e. The summed E-state index contributed by atoms with van der Waals surface area (Å²) in [7, 11) is 2.94. The number of hydrogen-bond donors (Lipinski definition) is 2. The van der Waals surface area contributed by atoms with Crippen LogP contribution in [0.15, 0.2) is 24.3 Å². The SMILES string of the molecule is CON(C)C(=O)Nc1ccc(N)cc1. The van der Waals surface area contributed by atoms with E-state index in [4.69, 9.17) is 10.6 Å². The van der Waals surface area contributed by atoms with Gasteiger partial charge in [-0.15, -0.1) is 0 Å². The van der Waals surface area contributed by atoms with Crippen LogP contribution < -0.4 is 11.1 Å². The lowest BCUT2D eigenvalue weighted by Crippen LogP contribution is -2.30. The number of hydroxylamine groups is 2. The highest BCUT2D eigenvalue weighted by Crippen LogP contribution is 2.10. The Labute approximate surface area is 82.4 Å². The van der Waals surface area contributed by atoms with E-state index in [0.717, 1.165) is 5.06 Å². The highest BCUT2D eigenvalue weighted by atomic mass is 16.7. The van der Waals surface area contributed by atoms with E-state index in [1.807, 2.05) is 0 Å². The molecule has 2 amide bonds. The molecular formula is C9H13N3O2. The highest BCUT2D eigenvalue weighted by molar-refractivity contribution is 5.88. The van der Waals surface area contributed by atoms with Crippen molar-refractivity contribution < 1.29 is 9.63 Å². The molecular weight excluding hydrogens is 182 g/mol. The number of anilines is 2. The van der Waals surface area contributed by atoms with Gasteiger partial charge in [-0.1, -0.05) is 0 Å². The second-order valence-electron chi connectivity index (χ2n) is 2.73. The maximum absolute atomic E-state index is 11.3. The van der Waals surface area contributed by atoms with Gasteiger partial charge in [0.05, 0.1) is 7.11 Å². The van der Waals surface area contributed by atoms with E-state index < -0.39 is 0 Å². The van der Waals surface area contributed by atoms with E-state index in [2.05, 4.69) is 5.32 Å². The van der Waals surface area contributed by atoms with Crippen molar-refractivity contribution in [3.63, 3.8) is 0 Å². The second-order valence-corrected chi connectivity index (χ2v) is 2.73. The quantitative estimate of drug-likeness (QED) is 0.552. The van der Waals surface area contributed by atoms with Crippen LogP contribution in [0.4, 0.5) is 16.2 Å². The number of benzene rings is 1. The monoisotopic (exact) mass is 195 g/mol. The molecule has 5 heteroatoms. The molecule has 0 fully saturated rings. The first-order valence-electron chi connectivity index (χ1n) is 4.08. The van der Waals surface area contributed by atoms with Gasteiger partial charge in [0, 0.05) is 18.4 Å². The van der Waals surface area contributed by atoms with E-state index in [1.54, 1.807) is 24.3 Å². The van der Waals surface area contributed by atoms with E-state index >= 15 is 0 Å². The van der Waals surface area contributed by atoms with E-state index in [9.17, 15) is 4.79 Å². The lowest BCUT2D eigenvalue weighted by molar-refractivity contribution is -0.0598. The summed E-state index contributed by atoms with van der Waals surface area (Å²) in [5, 5.41) is 3.72. The number of nitrogens with one attached hydrogen (secondary N) is 1. The molecule has 76 valence electrons. The molecule has 0 aliphatic rings. The van der Waals surface area contributed by atoms with Crippen LogP contribution in [-0.4, -0.2) is 25.3 Å². The van der Waals surface area contributed by atoms with Crippen LogP contribution in [0, 0.1) is 0 Å². The van der Waals surface area contributed by atoms with Gasteiger partial charge in [0.25, 0.3) is 0 Å². The molecule has 0 atom stereocenters. The van der Waals surface area contributed by atoms with Crippen molar-refractivity contribution in [1.82, 2.24) is 5.06 Å². The highest BCUT2D eigenvalue weighted by Gasteiger charge is 2.06. The molecule has 5 nitrogen and oxygen atoms in total. The number of rotatable bonds is 2. The van der Waals surface area contributed by atoms with Gasteiger partial charge < -0.3 is 11.1 Å². The number of carbonyl (C=O) groups excluding carboxylic acids is 1. The number of nitrogen functional groups attached to an aromatic ring is 1. The fourth-order valence-corrected chi connectivity index (χ4v) is 0.852. The van der Waals surface area contributed by atoms with Crippen molar-refractivity contribution >= 4 is 17.4 Å². The van der Waals surface area contributed by atoms with Crippen molar-refractivity contribution in [1.29, 1.82) is 0 Å². The molecule has 14 heavy (non-hydrogen) atoms. The van der Waals surface area contributed by atoms with Crippen molar-refractivity contribution in [2.75, 3.05) is 25.2 Å². The van der Waals surface area contributed by atoms with Crippen LogP contribution in [-0.2, 0) is 4.84 Å². The molecule has 3 N–H and O–H groups in total. The number of hydrogen-bond acceptors (Lipinski definition) is 3. The van der Waals surface area contributed by atoms with Gasteiger partial charge >= 0.3 is 6.03 Å². The van der Waals surface area contributed by atoms with Crippen molar-refractivity contribution in [2.24, 2.45) is 0 Å². The number of nitrogens with two attached hydrogens (primary N) is 1. The maximum Gasteiger partial charge on any atom is 0.345 e. The zero-order valence-corrected chi connectivity index (χ0v) is 8.15. The van der Waals surface area contributed by atoms with Crippen LogP contribution in [0.2, 0.25) is 0 Å². The molecule has 0 unspecified atom stereocenters. The summed E-state index contributed by atoms with van der Waals surface area (Å²) in [5.74, 6) is 0. The Morgan fingerprint density at radius 2 is 2.00 bits per heavy atom. The van der Waals surface area contributed by atoms with Gasteiger partial charge in [0.15, 0.2) is 0 Å². The summed E-state index contributed by atoms with van der Waals surface area (Å²) in [6.07, 6.45) is 0. The molecule has 0 bridgehead atoms. The van der Waals surface area contributed by atoms with Crippen LogP contribution in [0.1, 0.15) is 0 Å². The predicted octanol–water partition coefficient (Wildman–Crippen LogP) is 1.29. The summed E-state index contributed by atoms with van der Waals surface area (Å²) >= 11 is 0. The topological polar surface area (TPSA) is 67.6 Å². The van der Waals surface area contributed by atoms with Gasteiger partial charge in [-0.05, 0) is 24.3 Å². The molecule has 1 aromatic carbocycles. The average molecular weight is 195 g/mol. The Balaban J connectivity index is 2.60. The van der Waals surface area contributed by atoms with Crippen molar-refractivity contribution in [2.45, 2.75) is 0 Å². The Bertz CT molecular complexity index is 310. The van der Waals surface area contributed by atoms with Gasteiger partial charge in [-0.2, -0.15) is 0 Å². The maximum atomic E-state index is 11.3. The van der Waals surface area contributed by atoms with Gasteiger partial charge in [0.1, 0.15) is 0 Å². The fourth-order valence-electron chi connectivity index (χ4n) is 0.852. The van der Waals surface area contributed by atoms with Crippen LogP contribution >= 0.6 is 0 Å². The fraction of sp³-hybridized carbons (Fsp3) is 0.222. The molecule has 0 saturated heterocycles. The minimum atomic E-state index is -0.336. The van der Waals surface area contributed by atoms with Crippen LogP contribution in [0.25, 0.3) is 0 Å². The molecule has 1 rings (SSSR count). The third-order valence-electron chi connectivity index (χ3n) is 1.72. The Morgan fingerprint density at radius 1 is 1.43 bits per heavy atom. The first kappa shape index (κ1) is 10.3. The predicted molar refractivity (Wildman–Crippen MR) is 54.6 cm³/mol. The molecule has 1 aromatic rings. The minimum absolute atomic E-state index is 0.336. The number of amides is 2. The Kier molecular flexibility index (Phi) is 3.30. The number of nitrogens with zero attached hydrogens (tertiary/aromatic N) is 1. The summed E-state index contributed by atoms with van der Waals surface area (Å²) in [5.41, 5.74) is 6.83. The number of carbonyl (C=O) groups is 1.